The second-order valence-electron chi connectivity index (χ2n) is 4.29. The van der Waals surface area contributed by atoms with Crippen LogP contribution in [0.1, 0.15) is 15.9 Å². The minimum Gasteiger partial charge on any atom is -0.465 e. The number of aryl methyl sites for hydroxylation is 1. The monoisotopic (exact) mass is 304 g/mol. The van der Waals surface area contributed by atoms with Crippen LogP contribution in [0, 0.1) is 6.92 Å². The van der Waals surface area contributed by atoms with Gasteiger partial charge in [-0.05, 0) is 30.7 Å². The molecule has 1 aromatic rings. The quantitative estimate of drug-likeness (QED) is 0.815. The smallest absolute Gasteiger partial charge is 0.401 e. The number of amides is 1. The van der Waals surface area contributed by atoms with E-state index in [1.807, 2.05) is 5.32 Å². The minimum absolute atomic E-state index is 0.322. The molecule has 8 heteroatoms. The van der Waals surface area contributed by atoms with Crippen molar-refractivity contribution in [3.63, 3.8) is 0 Å². The van der Waals surface area contributed by atoms with Gasteiger partial charge in [-0.2, -0.15) is 13.2 Å². The van der Waals surface area contributed by atoms with Crippen molar-refractivity contribution in [3.05, 3.63) is 29.3 Å². The lowest BCUT2D eigenvalue weighted by Gasteiger charge is -2.11. The van der Waals surface area contributed by atoms with Gasteiger partial charge in [0, 0.05) is 5.69 Å². The van der Waals surface area contributed by atoms with E-state index in [-0.39, 0.29) is 0 Å². The van der Waals surface area contributed by atoms with Crippen LogP contribution >= 0.6 is 0 Å². The topological polar surface area (TPSA) is 67.4 Å². The molecule has 0 saturated heterocycles. The third-order valence-electron chi connectivity index (χ3n) is 2.53. The Morgan fingerprint density at radius 1 is 1.29 bits per heavy atom. The van der Waals surface area contributed by atoms with Gasteiger partial charge in [0.25, 0.3) is 0 Å². The molecule has 0 fully saturated rings. The second kappa shape index (κ2) is 7.07. The van der Waals surface area contributed by atoms with Crippen LogP contribution in [0.25, 0.3) is 0 Å². The van der Waals surface area contributed by atoms with Gasteiger partial charge in [-0.15, -0.1) is 0 Å². The number of rotatable bonds is 5. The molecule has 1 rings (SSSR count). The van der Waals surface area contributed by atoms with Crippen LogP contribution in [0.5, 0.6) is 0 Å². The fourth-order valence-electron chi connectivity index (χ4n) is 1.56. The zero-order valence-electron chi connectivity index (χ0n) is 11.5. The Morgan fingerprint density at radius 3 is 2.48 bits per heavy atom. The number of anilines is 1. The predicted molar refractivity (Wildman–Crippen MR) is 70.1 cm³/mol. The molecule has 0 heterocycles. The number of carbonyl (C=O) groups is 2. The molecule has 2 N–H and O–H groups in total. The maximum atomic E-state index is 11.9. The molecule has 0 aliphatic heterocycles. The largest absolute Gasteiger partial charge is 0.465 e. The molecule has 1 aromatic carbocycles. The molecule has 0 unspecified atom stereocenters. The summed E-state index contributed by atoms with van der Waals surface area (Å²) in [6.45, 7) is -0.0381. The number of benzene rings is 1. The Morgan fingerprint density at radius 2 is 1.95 bits per heavy atom. The van der Waals surface area contributed by atoms with E-state index in [0.717, 1.165) is 0 Å². The van der Waals surface area contributed by atoms with E-state index in [1.54, 1.807) is 6.92 Å². The summed E-state index contributed by atoms with van der Waals surface area (Å²) in [5, 5.41) is 4.45. The SMILES string of the molecule is COC(=O)c1ccc(NC(=O)CNCC(F)(F)F)c(C)c1. The number of ether oxygens (including phenoxy) is 1. The molecule has 116 valence electrons. The maximum Gasteiger partial charge on any atom is 0.401 e. The highest BCUT2D eigenvalue weighted by Gasteiger charge is 2.26. The average molecular weight is 304 g/mol. The first-order valence-corrected chi connectivity index (χ1v) is 5.99. The summed E-state index contributed by atoms with van der Waals surface area (Å²) in [6, 6.07) is 4.46. The normalized spacial score (nSPS) is 11.1. The maximum absolute atomic E-state index is 11.9. The third-order valence-corrected chi connectivity index (χ3v) is 2.53. The van der Waals surface area contributed by atoms with Crippen molar-refractivity contribution in [1.29, 1.82) is 0 Å². The number of esters is 1. The average Bonchev–Trinajstić information content (AvgIpc) is 2.38. The van der Waals surface area contributed by atoms with E-state index in [9.17, 15) is 22.8 Å². The van der Waals surface area contributed by atoms with Gasteiger partial charge in [0.1, 0.15) is 0 Å². The second-order valence-corrected chi connectivity index (χ2v) is 4.29. The van der Waals surface area contributed by atoms with E-state index in [0.29, 0.717) is 16.8 Å². The van der Waals surface area contributed by atoms with Crippen LogP contribution in [0.3, 0.4) is 0 Å². The molecule has 0 aromatic heterocycles. The van der Waals surface area contributed by atoms with E-state index in [2.05, 4.69) is 10.1 Å². The van der Waals surface area contributed by atoms with Gasteiger partial charge in [0.15, 0.2) is 0 Å². The van der Waals surface area contributed by atoms with Gasteiger partial charge in [0.05, 0.1) is 25.8 Å². The van der Waals surface area contributed by atoms with Crippen LogP contribution in [0.15, 0.2) is 18.2 Å². The molecule has 5 nitrogen and oxygen atoms in total. The van der Waals surface area contributed by atoms with Crippen LogP contribution < -0.4 is 10.6 Å². The first-order chi connectivity index (χ1) is 9.73. The number of methoxy groups -OCH3 is 1. The van der Waals surface area contributed by atoms with Crippen molar-refractivity contribution in [3.8, 4) is 0 Å². The van der Waals surface area contributed by atoms with E-state index < -0.39 is 31.1 Å². The van der Waals surface area contributed by atoms with E-state index in [1.165, 1.54) is 25.3 Å². The molecule has 0 radical (unpaired) electrons. The number of halogens is 3. The van der Waals surface area contributed by atoms with Crippen molar-refractivity contribution in [2.45, 2.75) is 13.1 Å². The summed E-state index contributed by atoms with van der Waals surface area (Å²) in [5.41, 5.74) is 1.34. The Bertz CT molecular complexity index is 530. The van der Waals surface area contributed by atoms with Gasteiger partial charge < -0.3 is 15.4 Å². The lowest BCUT2D eigenvalue weighted by atomic mass is 10.1. The van der Waals surface area contributed by atoms with Crippen LogP contribution in [-0.4, -0.2) is 38.3 Å². The summed E-state index contributed by atoms with van der Waals surface area (Å²) in [7, 11) is 1.25. The fraction of sp³-hybridized carbons (Fsp3) is 0.385. The van der Waals surface area contributed by atoms with Crippen LogP contribution in [0.2, 0.25) is 0 Å². The third kappa shape index (κ3) is 5.82. The number of hydrogen-bond acceptors (Lipinski definition) is 4. The van der Waals surface area contributed by atoms with Crippen molar-refractivity contribution < 1.29 is 27.5 Å². The molecular weight excluding hydrogens is 289 g/mol. The van der Waals surface area contributed by atoms with Gasteiger partial charge in [-0.3, -0.25) is 4.79 Å². The number of nitrogens with one attached hydrogen (secondary N) is 2. The lowest BCUT2D eigenvalue weighted by molar-refractivity contribution is -0.126. The molecule has 0 atom stereocenters. The van der Waals surface area contributed by atoms with Crippen LogP contribution in [-0.2, 0) is 9.53 Å². The van der Waals surface area contributed by atoms with Crippen molar-refractivity contribution >= 4 is 17.6 Å². The zero-order chi connectivity index (χ0) is 16.0. The van der Waals surface area contributed by atoms with Gasteiger partial charge >= 0.3 is 12.1 Å². The Kier molecular flexibility index (Phi) is 5.71. The van der Waals surface area contributed by atoms with Crippen molar-refractivity contribution in [2.75, 3.05) is 25.5 Å². The predicted octanol–water partition coefficient (Wildman–Crippen LogP) is 1.87. The molecule has 21 heavy (non-hydrogen) atoms. The molecule has 0 saturated carbocycles. The van der Waals surface area contributed by atoms with Gasteiger partial charge in [-0.1, -0.05) is 0 Å². The standard InChI is InChI=1S/C13H15F3N2O3/c1-8-5-9(12(20)21-2)3-4-10(8)18-11(19)6-17-7-13(14,15)16/h3-5,17H,6-7H2,1-2H3,(H,18,19). The number of alkyl halides is 3. The molecule has 0 aliphatic carbocycles. The fourth-order valence-corrected chi connectivity index (χ4v) is 1.56. The van der Waals surface area contributed by atoms with Gasteiger partial charge in [-0.25, -0.2) is 4.79 Å². The van der Waals surface area contributed by atoms with Crippen molar-refractivity contribution in [2.24, 2.45) is 0 Å². The molecule has 0 bridgehead atoms. The molecule has 1 amide bonds. The Balaban J connectivity index is 2.59. The van der Waals surface area contributed by atoms with E-state index >= 15 is 0 Å². The highest BCUT2D eigenvalue weighted by atomic mass is 19.4. The summed E-state index contributed by atoms with van der Waals surface area (Å²) >= 11 is 0. The zero-order valence-corrected chi connectivity index (χ0v) is 11.5. The van der Waals surface area contributed by atoms with Gasteiger partial charge in [0.2, 0.25) is 5.91 Å². The summed E-state index contributed by atoms with van der Waals surface area (Å²) in [6.07, 6.45) is -4.36. The number of hydrogen-bond donors (Lipinski definition) is 2. The summed E-state index contributed by atoms with van der Waals surface area (Å²) < 4.78 is 40.3. The Labute approximate surface area is 119 Å². The summed E-state index contributed by atoms with van der Waals surface area (Å²) in [5.74, 6) is -1.11. The summed E-state index contributed by atoms with van der Waals surface area (Å²) in [4.78, 5) is 22.8. The molecule has 0 aliphatic rings. The lowest BCUT2D eigenvalue weighted by Crippen LogP contribution is -2.35. The van der Waals surface area contributed by atoms with E-state index in [4.69, 9.17) is 0 Å². The highest BCUT2D eigenvalue weighted by Crippen LogP contribution is 2.17. The van der Waals surface area contributed by atoms with Crippen molar-refractivity contribution in [1.82, 2.24) is 5.32 Å². The number of carbonyl (C=O) groups excluding carboxylic acids is 2. The Hall–Kier alpha value is -2.09. The molecular formula is C13H15F3N2O3. The van der Waals surface area contributed by atoms with Crippen LogP contribution in [0.4, 0.5) is 18.9 Å². The highest BCUT2D eigenvalue weighted by molar-refractivity contribution is 5.94. The first kappa shape index (κ1) is 17.0. The minimum atomic E-state index is -4.36. The molecule has 0 spiro atoms. The first-order valence-electron chi connectivity index (χ1n) is 5.99.